The molecule has 0 aromatic carbocycles. The van der Waals surface area contributed by atoms with Crippen LogP contribution >= 0.6 is 35.7 Å². The van der Waals surface area contributed by atoms with E-state index in [2.05, 4.69) is 39.2 Å². The van der Waals surface area contributed by atoms with E-state index in [0.717, 1.165) is 18.4 Å². The van der Waals surface area contributed by atoms with Crippen LogP contribution in [-0.2, 0) is 0 Å². The maximum Gasteiger partial charge on any atom is 0.191 e. The Hall–Kier alpha value is 0.310. The monoisotopic (exact) mass is 438 g/mol. The van der Waals surface area contributed by atoms with Crippen LogP contribution in [0.3, 0.4) is 0 Å². The van der Waals surface area contributed by atoms with Crippen LogP contribution in [0, 0.1) is 5.92 Å². The summed E-state index contributed by atoms with van der Waals surface area (Å²) in [6.07, 6.45) is 6.76. The molecule has 3 rings (SSSR count). The van der Waals surface area contributed by atoms with Gasteiger partial charge in [-0.25, -0.2) is 0 Å². The highest BCUT2D eigenvalue weighted by Gasteiger charge is 2.40. The Balaban J connectivity index is 0.00000176. The topological polar surface area (TPSA) is 39.7 Å². The van der Waals surface area contributed by atoms with Gasteiger partial charge in [0.25, 0.3) is 0 Å². The Morgan fingerprint density at radius 2 is 1.91 bits per heavy atom. The maximum atomic E-state index is 4.41. The number of halogens is 1. The van der Waals surface area contributed by atoms with Crippen LogP contribution in [0.4, 0.5) is 0 Å². The molecule has 3 fully saturated rings. The van der Waals surface area contributed by atoms with Gasteiger partial charge in [0.1, 0.15) is 0 Å². The number of nitrogens with one attached hydrogen (secondary N) is 2. The molecule has 0 spiro atoms. The Kier molecular flexibility index (Phi) is 7.14. The van der Waals surface area contributed by atoms with E-state index in [9.17, 15) is 0 Å². The zero-order valence-corrected chi connectivity index (χ0v) is 17.1. The van der Waals surface area contributed by atoms with Crippen LogP contribution in [0.2, 0.25) is 0 Å². The van der Waals surface area contributed by atoms with Gasteiger partial charge in [-0.15, -0.1) is 24.0 Å². The molecule has 128 valence electrons. The number of aliphatic imine (C=N–C) groups is 1. The fraction of sp³-hybridized carbons (Fsp3) is 0.938. The molecule has 2 aliphatic carbocycles. The molecule has 3 aliphatic rings. The molecule has 2 atom stereocenters. The van der Waals surface area contributed by atoms with E-state index in [4.69, 9.17) is 0 Å². The van der Waals surface area contributed by atoms with Crippen molar-refractivity contribution in [3.63, 3.8) is 0 Å². The largest absolute Gasteiger partial charge is 0.355 e. The van der Waals surface area contributed by atoms with Crippen molar-refractivity contribution in [2.45, 2.75) is 50.6 Å². The lowest BCUT2D eigenvalue weighted by molar-refractivity contribution is 0.107. The molecule has 0 amide bonds. The first-order chi connectivity index (χ1) is 10.2. The second-order valence-electron chi connectivity index (χ2n) is 6.92. The molecule has 1 saturated heterocycles. The molecule has 4 nitrogen and oxygen atoms in total. The van der Waals surface area contributed by atoms with E-state index in [1.54, 1.807) is 0 Å². The van der Waals surface area contributed by atoms with E-state index in [1.165, 1.54) is 56.7 Å². The van der Waals surface area contributed by atoms with E-state index in [1.807, 2.05) is 7.05 Å². The summed E-state index contributed by atoms with van der Waals surface area (Å²) in [5.41, 5.74) is 0.383. The molecule has 0 aromatic rings. The normalized spacial score (nSPS) is 31.5. The first-order valence-corrected chi connectivity index (χ1v) is 9.69. The Morgan fingerprint density at radius 3 is 2.45 bits per heavy atom. The van der Waals surface area contributed by atoms with Crippen LogP contribution < -0.4 is 10.6 Å². The standard InChI is InChI=1S/C16H30N4S.HI/c1-13-11-14(13)19-15(17-2)18-12-16(5-3-4-6-16)20-7-9-21-10-8-20;/h13-14H,3-12H2,1-2H3,(H2,17,18,19);1H. The summed E-state index contributed by atoms with van der Waals surface area (Å²) in [6.45, 7) is 5.88. The maximum absolute atomic E-state index is 4.41. The minimum absolute atomic E-state index is 0. The molecule has 1 heterocycles. The van der Waals surface area contributed by atoms with Gasteiger partial charge in [-0.2, -0.15) is 11.8 Å². The third-order valence-electron chi connectivity index (χ3n) is 5.46. The van der Waals surface area contributed by atoms with E-state index >= 15 is 0 Å². The summed E-state index contributed by atoms with van der Waals surface area (Å²) in [4.78, 5) is 7.17. The lowest BCUT2D eigenvalue weighted by Gasteiger charge is -2.43. The molecule has 2 unspecified atom stereocenters. The van der Waals surface area contributed by atoms with Gasteiger partial charge in [-0.3, -0.25) is 9.89 Å². The number of guanidine groups is 1. The molecule has 6 heteroatoms. The smallest absolute Gasteiger partial charge is 0.191 e. The lowest BCUT2D eigenvalue weighted by Crippen LogP contribution is -2.57. The number of hydrogen-bond donors (Lipinski definition) is 2. The highest BCUT2D eigenvalue weighted by atomic mass is 127. The van der Waals surface area contributed by atoms with Gasteiger partial charge in [0, 0.05) is 49.8 Å². The van der Waals surface area contributed by atoms with Crippen molar-refractivity contribution in [1.29, 1.82) is 0 Å². The Labute approximate surface area is 156 Å². The van der Waals surface area contributed by atoms with Crippen molar-refractivity contribution < 1.29 is 0 Å². The minimum atomic E-state index is 0. The number of hydrogen-bond acceptors (Lipinski definition) is 3. The second-order valence-corrected chi connectivity index (χ2v) is 8.15. The third-order valence-corrected chi connectivity index (χ3v) is 6.40. The molecular formula is C16H31IN4S. The van der Waals surface area contributed by atoms with Gasteiger partial charge in [-0.1, -0.05) is 19.8 Å². The fourth-order valence-electron chi connectivity index (χ4n) is 3.82. The van der Waals surface area contributed by atoms with Crippen LogP contribution in [-0.4, -0.2) is 60.6 Å². The molecule has 22 heavy (non-hydrogen) atoms. The van der Waals surface area contributed by atoms with Crippen LogP contribution in [0.5, 0.6) is 0 Å². The minimum Gasteiger partial charge on any atom is -0.355 e. The van der Waals surface area contributed by atoms with Crippen LogP contribution in [0.15, 0.2) is 4.99 Å². The van der Waals surface area contributed by atoms with Crippen molar-refractivity contribution in [2.24, 2.45) is 10.9 Å². The zero-order chi connectivity index (χ0) is 14.7. The van der Waals surface area contributed by atoms with Gasteiger partial charge < -0.3 is 10.6 Å². The quantitative estimate of drug-likeness (QED) is 0.402. The van der Waals surface area contributed by atoms with Crippen LogP contribution in [0.25, 0.3) is 0 Å². The van der Waals surface area contributed by atoms with E-state index < -0.39 is 0 Å². The molecule has 0 aromatic heterocycles. The summed E-state index contributed by atoms with van der Waals surface area (Å²) in [5.74, 6) is 4.41. The zero-order valence-electron chi connectivity index (χ0n) is 13.9. The summed E-state index contributed by atoms with van der Waals surface area (Å²) in [6, 6.07) is 0.641. The van der Waals surface area contributed by atoms with Crippen LogP contribution in [0.1, 0.15) is 39.0 Å². The summed E-state index contributed by atoms with van der Waals surface area (Å²) in [5, 5.41) is 7.18. The van der Waals surface area contributed by atoms with Crippen molar-refractivity contribution in [3.05, 3.63) is 0 Å². The van der Waals surface area contributed by atoms with Crippen molar-refractivity contribution in [3.8, 4) is 0 Å². The van der Waals surface area contributed by atoms with Gasteiger partial charge in [0.05, 0.1) is 0 Å². The number of rotatable bonds is 4. The predicted molar refractivity (Wildman–Crippen MR) is 108 cm³/mol. The Morgan fingerprint density at radius 1 is 1.27 bits per heavy atom. The summed E-state index contributed by atoms with van der Waals surface area (Å²) in [7, 11) is 1.89. The van der Waals surface area contributed by atoms with Gasteiger partial charge in [0.15, 0.2) is 5.96 Å². The lowest BCUT2D eigenvalue weighted by atomic mass is 9.94. The molecular weight excluding hydrogens is 407 g/mol. The average molecular weight is 438 g/mol. The van der Waals surface area contributed by atoms with Crippen molar-refractivity contribution in [1.82, 2.24) is 15.5 Å². The first kappa shape index (κ1) is 18.6. The van der Waals surface area contributed by atoms with Crippen molar-refractivity contribution >= 4 is 41.7 Å². The highest BCUT2D eigenvalue weighted by molar-refractivity contribution is 14.0. The van der Waals surface area contributed by atoms with Gasteiger partial charge >= 0.3 is 0 Å². The average Bonchev–Trinajstić information content (AvgIpc) is 3.03. The van der Waals surface area contributed by atoms with Gasteiger partial charge in [-0.05, 0) is 25.2 Å². The molecule has 1 aliphatic heterocycles. The first-order valence-electron chi connectivity index (χ1n) is 8.53. The number of thioether (sulfide) groups is 1. The summed E-state index contributed by atoms with van der Waals surface area (Å²) >= 11 is 2.10. The van der Waals surface area contributed by atoms with E-state index in [-0.39, 0.29) is 24.0 Å². The summed E-state index contributed by atoms with van der Waals surface area (Å²) < 4.78 is 0. The predicted octanol–water partition coefficient (Wildman–Crippen LogP) is 2.54. The van der Waals surface area contributed by atoms with Crippen molar-refractivity contribution in [2.75, 3.05) is 38.2 Å². The molecule has 2 saturated carbocycles. The molecule has 2 N–H and O–H groups in total. The SMILES string of the molecule is CN=C(NCC1(N2CCSCC2)CCCC1)NC1CC1C.I. The second kappa shape index (κ2) is 8.42. The molecule has 0 radical (unpaired) electrons. The third kappa shape index (κ3) is 4.44. The molecule has 0 bridgehead atoms. The Bertz CT molecular complexity index is 378. The highest BCUT2D eigenvalue weighted by Crippen LogP contribution is 2.36. The fourth-order valence-corrected chi connectivity index (χ4v) is 4.72. The van der Waals surface area contributed by atoms with E-state index in [0.29, 0.717) is 11.6 Å². The van der Waals surface area contributed by atoms with Gasteiger partial charge in [0.2, 0.25) is 0 Å². The number of nitrogens with zero attached hydrogens (tertiary/aromatic N) is 2.